The minimum absolute atomic E-state index is 0.0329. The number of carbonyl (C=O) groups is 1. The highest BCUT2D eigenvalue weighted by atomic mass is 32.2. The Labute approximate surface area is 178 Å². The molecule has 0 saturated carbocycles. The number of aromatic nitrogens is 1. The molecule has 1 heterocycles. The van der Waals surface area contributed by atoms with E-state index in [0.717, 1.165) is 17.3 Å². The molecule has 0 bridgehead atoms. The zero-order chi connectivity index (χ0) is 21.3. The van der Waals surface area contributed by atoms with Gasteiger partial charge in [0.15, 0.2) is 0 Å². The Morgan fingerprint density at radius 1 is 1.07 bits per heavy atom. The van der Waals surface area contributed by atoms with Crippen molar-refractivity contribution in [3.8, 4) is 17.9 Å². The monoisotopic (exact) mass is 415 g/mol. The fraction of sp³-hybridized carbons (Fsp3) is 0.0909. The summed E-state index contributed by atoms with van der Waals surface area (Å²) in [7, 11) is 0. The maximum atomic E-state index is 12.2. The van der Waals surface area contributed by atoms with Crippen LogP contribution in [0.25, 0.3) is 0 Å². The van der Waals surface area contributed by atoms with Crippen molar-refractivity contribution in [2.75, 3.05) is 16.8 Å². The number of ether oxygens (including phenoxy) is 1. The second-order valence-electron chi connectivity index (χ2n) is 6.13. The highest BCUT2D eigenvalue weighted by molar-refractivity contribution is 8.00. The lowest BCUT2D eigenvalue weighted by atomic mass is 10.2. The van der Waals surface area contributed by atoms with Crippen molar-refractivity contribution in [2.24, 2.45) is 0 Å². The number of hydrogen-bond acceptors (Lipinski definition) is 7. The molecule has 0 aliphatic heterocycles. The van der Waals surface area contributed by atoms with Crippen molar-refractivity contribution in [2.45, 2.75) is 11.6 Å². The van der Waals surface area contributed by atoms with Crippen LogP contribution in [0.1, 0.15) is 16.7 Å². The number of hydrogen-bond donors (Lipinski definition) is 2. The van der Waals surface area contributed by atoms with Gasteiger partial charge in [-0.15, -0.1) is 0 Å². The molecular weight excluding hydrogens is 398 g/mol. The van der Waals surface area contributed by atoms with Crippen molar-refractivity contribution in [3.63, 3.8) is 0 Å². The Bertz CT molecular complexity index is 1120. The summed E-state index contributed by atoms with van der Waals surface area (Å²) in [5.41, 5.74) is 7.73. The summed E-state index contributed by atoms with van der Waals surface area (Å²) in [5.74, 6) is 0.512. The number of pyridine rings is 1. The van der Waals surface area contributed by atoms with Gasteiger partial charge in [0, 0.05) is 5.69 Å². The molecule has 0 spiro atoms. The molecule has 0 fully saturated rings. The van der Waals surface area contributed by atoms with Crippen LogP contribution in [-0.4, -0.2) is 16.6 Å². The highest BCUT2D eigenvalue weighted by Gasteiger charge is 2.12. The molecule has 3 aromatic rings. The molecule has 0 aliphatic carbocycles. The predicted octanol–water partition coefficient (Wildman–Crippen LogP) is 3.72. The minimum Gasteiger partial charge on any atom is -0.489 e. The van der Waals surface area contributed by atoms with Gasteiger partial charge in [-0.05, 0) is 35.9 Å². The molecule has 0 aliphatic rings. The molecule has 1 aromatic heterocycles. The van der Waals surface area contributed by atoms with Gasteiger partial charge in [0.1, 0.15) is 35.3 Å². The van der Waals surface area contributed by atoms with Crippen molar-refractivity contribution in [1.82, 2.24) is 4.98 Å². The first kappa shape index (κ1) is 20.7. The predicted molar refractivity (Wildman–Crippen MR) is 115 cm³/mol. The summed E-state index contributed by atoms with van der Waals surface area (Å²) in [6, 6.07) is 22.1. The van der Waals surface area contributed by atoms with Gasteiger partial charge >= 0.3 is 0 Å². The summed E-state index contributed by atoms with van der Waals surface area (Å²) < 4.78 is 5.72. The Morgan fingerprint density at radius 2 is 1.77 bits per heavy atom. The van der Waals surface area contributed by atoms with E-state index in [9.17, 15) is 10.1 Å². The smallest absolute Gasteiger partial charge is 0.234 e. The lowest BCUT2D eigenvalue weighted by Gasteiger charge is -2.09. The number of anilines is 2. The van der Waals surface area contributed by atoms with Gasteiger partial charge < -0.3 is 15.8 Å². The summed E-state index contributed by atoms with van der Waals surface area (Å²) in [6.07, 6.45) is 0. The second-order valence-corrected chi connectivity index (χ2v) is 7.10. The van der Waals surface area contributed by atoms with Crippen LogP contribution in [-0.2, 0) is 11.4 Å². The normalized spacial score (nSPS) is 9.93. The maximum absolute atomic E-state index is 12.2. The molecule has 2 aromatic carbocycles. The summed E-state index contributed by atoms with van der Waals surface area (Å²) in [6.45, 7) is 0.463. The molecule has 3 rings (SSSR count). The second kappa shape index (κ2) is 9.97. The fourth-order valence-corrected chi connectivity index (χ4v) is 3.26. The lowest BCUT2D eigenvalue weighted by molar-refractivity contribution is -0.113. The molecule has 1 amide bonds. The van der Waals surface area contributed by atoms with Crippen molar-refractivity contribution < 1.29 is 9.53 Å². The Morgan fingerprint density at radius 3 is 2.43 bits per heavy atom. The summed E-state index contributed by atoms with van der Waals surface area (Å²) in [5, 5.41) is 21.3. The summed E-state index contributed by atoms with van der Waals surface area (Å²) in [4.78, 5) is 16.3. The first-order valence-electron chi connectivity index (χ1n) is 8.89. The van der Waals surface area contributed by atoms with Crippen LogP contribution < -0.4 is 15.8 Å². The number of nitrogens with one attached hydrogen (secondary N) is 1. The van der Waals surface area contributed by atoms with Gasteiger partial charge in [0.05, 0.1) is 16.9 Å². The highest BCUT2D eigenvalue weighted by Crippen LogP contribution is 2.24. The molecule has 0 unspecified atom stereocenters. The van der Waals surface area contributed by atoms with Crippen LogP contribution in [0, 0.1) is 22.7 Å². The van der Waals surface area contributed by atoms with E-state index in [1.54, 1.807) is 24.3 Å². The lowest BCUT2D eigenvalue weighted by Crippen LogP contribution is -2.14. The number of rotatable bonds is 7. The average Bonchev–Trinajstić information content (AvgIpc) is 2.78. The molecule has 7 nitrogen and oxygen atoms in total. The molecule has 0 radical (unpaired) electrons. The largest absolute Gasteiger partial charge is 0.489 e. The molecular formula is C22H17N5O2S. The van der Waals surface area contributed by atoms with Crippen molar-refractivity contribution in [1.29, 1.82) is 10.5 Å². The van der Waals surface area contributed by atoms with E-state index in [4.69, 9.17) is 15.7 Å². The van der Waals surface area contributed by atoms with E-state index in [1.807, 2.05) is 42.5 Å². The average molecular weight is 415 g/mol. The van der Waals surface area contributed by atoms with E-state index in [-0.39, 0.29) is 28.6 Å². The van der Waals surface area contributed by atoms with Gasteiger partial charge in [-0.1, -0.05) is 42.1 Å². The van der Waals surface area contributed by atoms with Crippen LogP contribution in [0.5, 0.6) is 5.75 Å². The Hall–Kier alpha value is -4.01. The van der Waals surface area contributed by atoms with Crippen molar-refractivity contribution in [3.05, 3.63) is 77.4 Å². The quantitative estimate of drug-likeness (QED) is 0.563. The van der Waals surface area contributed by atoms with E-state index in [0.29, 0.717) is 23.1 Å². The number of nitrogen functional groups attached to an aromatic ring is 1. The molecule has 3 N–H and O–H groups in total. The Balaban J connectivity index is 1.53. The number of carbonyl (C=O) groups excluding carboxylic acids is 1. The SMILES string of the molecule is N#Cc1cc(C#N)c(SCC(=O)Nc2ccc(OCc3ccccc3)cc2)nc1N. The molecule has 0 atom stereocenters. The van der Waals surface area contributed by atoms with Crippen LogP contribution in [0.4, 0.5) is 11.5 Å². The molecule has 148 valence electrons. The molecule has 30 heavy (non-hydrogen) atoms. The standard InChI is InChI=1S/C22H17N5O2S/c23-11-16-10-17(12-24)22(27-21(16)25)30-14-20(28)26-18-6-8-19(9-7-18)29-13-15-4-2-1-3-5-15/h1-10H,13-14H2,(H2,25,27)(H,26,28). The number of nitrogens with zero attached hydrogens (tertiary/aromatic N) is 3. The third-order valence-corrected chi connectivity index (χ3v) is 4.98. The zero-order valence-corrected chi connectivity index (χ0v) is 16.6. The number of benzene rings is 2. The Kier molecular flexibility index (Phi) is 6.88. The number of amides is 1. The maximum Gasteiger partial charge on any atom is 0.234 e. The third-order valence-electron chi connectivity index (χ3n) is 3.98. The van der Waals surface area contributed by atoms with Gasteiger partial charge in [-0.2, -0.15) is 10.5 Å². The van der Waals surface area contributed by atoms with Gasteiger partial charge in [-0.25, -0.2) is 4.98 Å². The number of nitriles is 2. The van der Waals surface area contributed by atoms with Crippen LogP contribution in [0.3, 0.4) is 0 Å². The van der Waals surface area contributed by atoms with E-state index in [1.165, 1.54) is 6.07 Å². The minimum atomic E-state index is -0.258. The van der Waals surface area contributed by atoms with Gasteiger partial charge in [0.2, 0.25) is 5.91 Å². The van der Waals surface area contributed by atoms with Gasteiger partial charge in [-0.3, -0.25) is 4.79 Å². The third kappa shape index (κ3) is 5.51. The van der Waals surface area contributed by atoms with Gasteiger partial charge in [0.25, 0.3) is 0 Å². The fourth-order valence-electron chi connectivity index (χ4n) is 2.50. The number of nitrogens with two attached hydrogens (primary N) is 1. The van der Waals surface area contributed by atoms with Crippen LogP contribution in [0.15, 0.2) is 65.7 Å². The van der Waals surface area contributed by atoms with Crippen LogP contribution in [0.2, 0.25) is 0 Å². The summed E-state index contributed by atoms with van der Waals surface area (Å²) >= 11 is 1.08. The molecule has 8 heteroatoms. The van der Waals surface area contributed by atoms with Crippen molar-refractivity contribution >= 4 is 29.2 Å². The van der Waals surface area contributed by atoms with E-state index in [2.05, 4.69) is 10.3 Å². The molecule has 0 saturated heterocycles. The van der Waals surface area contributed by atoms with Crippen LogP contribution >= 0.6 is 11.8 Å². The van der Waals surface area contributed by atoms with E-state index < -0.39 is 0 Å². The first-order chi connectivity index (χ1) is 14.6. The zero-order valence-electron chi connectivity index (χ0n) is 15.8. The number of thioether (sulfide) groups is 1. The first-order valence-corrected chi connectivity index (χ1v) is 9.87. The topological polar surface area (TPSA) is 125 Å². The van der Waals surface area contributed by atoms with E-state index >= 15 is 0 Å².